The summed E-state index contributed by atoms with van der Waals surface area (Å²) in [5.74, 6) is 2.77. The fourth-order valence-corrected chi connectivity index (χ4v) is 3.71. The first-order chi connectivity index (χ1) is 11.2. The summed E-state index contributed by atoms with van der Waals surface area (Å²) in [6, 6.07) is 20.8. The van der Waals surface area contributed by atoms with E-state index in [0.717, 1.165) is 17.3 Å². The Kier molecular flexibility index (Phi) is 4.77. The van der Waals surface area contributed by atoms with Crippen LogP contribution in [0.15, 0.2) is 70.0 Å². The predicted octanol–water partition coefficient (Wildman–Crippen LogP) is 5.79. The Morgan fingerprint density at radius 1 is 0.957 bits per heavy atom. The van der Waals surface area contributed by atoms with Gasteiger partial charge in [0.05, 0.1) is 12.4 Å². The molecule has 2 nitrogen and oxygen atoms in total. The summed E-state index contributed by atoms with van der Waals surface area (Å²) in [5, 5.41) is 0.122. The van der Waals surface area contributed by atoms with Crippen LogP contribution < -0.4 is 4.74 Å². The minimum absolute atomic E-state index is 0.122. The lowest BCUT2D eigenvalue weighted by molar-refractivity contribution is 0.414. The molecular weight excluding hydrogens is 304 g/mol. The Bertz CT molecular complexity index is 774. The van der Waals surface area contributed by atoms with E-state index >= 15 is 0 Å². The SMILES string of the molecule is COc1ccc(C(Sc2cccc(C)c2)c2ccc(C)o2)cc1. The molecule has 1 atom stereocenters. The molecule has 0 aliphatic heterocycles. The summed E-state index contributed by atoms with van der Waals surface area (Å²) >= 11 is 1.80. The van der Waals surface area contributed by atoms with E-state index in [4.69, 9.17) is 9.15 Å². The molecule has 0 bridgehead atoms. The van der Waals surface area contributed by atoms with Crippen LogP contribution in [-0.2, 0) is 0 Å². The van der Waals surface area contributed by atoms with Crippen molar-refractivity contribution < 1.29 is 9.15 Å². The molecule has 118 valence electrons. The van der Waals surface area contributed by atoms with Gasteiger partial charge in [0.2, 0.25) is 0 Å². The zero-order chi connectivity index (χ0) is 16.2. The number of hydrogen-bond acceptors (Lipinski definition) is 3. The second-order valence-electron chi connectivity index (χ2n) is 5.54. The number of hydrogen-bond donors (Lipinski definition) is 0. The highest BCUT2D eigenvalue weighted by Gasteiger charge is 2.19. The zero-order valence-electron chi connectivity index (χ0n) is 13.6. The molecule has 0 spiro atoms. The first kappa shape index (κ1) is 15.8. The summed E-state index contributed by atoms with van der Waals surface area (Å²) in [6.07, 6.45) is 0. The van der Waals surface area contributed by atoms with Crippen LogP contribution in [0.3, 0.4) is 0 Å². The van der Waals surface area contributed by atoms with Crippen molar-refractivity contribution in [1.29, 1.82) is 0 Å². The normalized spacial score (nSPS) is 12.1. The molecule has 1 heterocycles. The molecule has 1 unspecified atom stereocenters. The van der Waals surface area contributed by atoms with Crippen LogP contribution >= 0.6 is 11.8 Å². The van der Waals surface area contributed by atoms with Crippen LogP contribution in [0, 0.1) is 13.8 Å². The van der Waals surface area contributed by atoms with Crippen LogP contribution in [-0.4, -0.2) is 7.11 Å². The number of ether oxygens (including phenoxy) is 1. The van der Waals surface area contributed by atoms with E-state index in [1.165, 1.54) is 16.0 Å². The van der Waals surface area contributed by atoms with Gasteiger partial charge in [-0.25, -0.2) is 0 Å². The lowest BCUT2D eigenvalue weighted by atomic mass is 10.1. The second kappa shape index (κ2) is 6.97. The summed E-state index contributed by atoms with van der Waals surface area (Å²) < 4.78 is 11.2. The van der Waals surface area contributed by atoms with Crippen LogP contribution in [0.2, 0.25) is 0 Å². The van der Waals surface area contributed by atoms with E-state index in [2.05, 4.69) is 49.4 Å². The van der Waals surface area contributed by atoms with Crippen LogP contribution in [0.5, 0.6) is 5.75 Å². The van der Waals surface area contributed by atoms with Gasteiger partial charge in [-0.2, -0.15) is 0 Å². The maximum Gasteiger partial charge on any atom is 0.121 e. The van der Waals surface area contributed by atoms with Gasteiger partial charge in [-0.15, -0.1) is 11.8 Å². The lowest BCUT2D eigenvalue weighted by Gasteiger charge is -2.16. The number of aryl methyl sites for hydroxylation is 2. The molecule has 2 aromatic carbocycles. The predicted molar refractivity (Wildman–Crippen MR) is 95.3 cm³/mol. The summed E-state index contributed by atoms with van der Waals surface area (Å²) in [5.41, 5.74) is 2.46. The highest BCUT2D eigenvalue weighted by atomic mass is 32.2. The van der Waals surface area contributed by atoms with Crippen molar-refractivity contribution in [2.75, 3.05) is 7.11 Å². The Morgan fingerprint density at radius 2 is 1.74 bits per heavy atom. The van der Waals surface area contributed by atoms with Gasteiger partial charge in [-0.3, -0.25) is 0 Å². The van der Waals surface area contributed by atoms with Gasteiger partial charge in [-0.05, 0) is 55.8 Å². The van der Waals surface area contributed by atoms with E-state index in [-0.39, 0.29) is 5.25 Å². The van der Waals surface area contributed by atoms with E-state index in [1.54, 1.807) is 18.9 Å². The molecule has 0 aliphatic rings. The van der Waals surface area contributed by atoms with Crippen molar-refractivity contribution in [3.8, 4) is 5.75 Å². The van der Waals surface area contributed by atoms with Gasteiger partial charge in [0.1, 0.15) is 17.3 Å². The molecule has 0 aliphatic carbocycles. The quantitative estimate of drug-likeness (QED) is 0.555. The average Bonchev–Trinajstić information content (AvgIpc) is 2.99. The molecule has 3 rings (SSSR count). The van der Waals surface area contributed by atoms with E-state index in [1.807, 2.05) is 25.1 Å². The van der Waals surface area contributed by atoms with Gasteiger partial charge in [0.15, 0.2) is 0 Å². The standard InChI is InChI=1S/C20H20O2S/c1-14-5-4-6-18(13-14)23-20(19-12-7-15(2)22-19)16-8-10-17(21-3)11-9-16/h4-13,20H,1-3H3. The zero-order valence-corrected chi connectivity index (χ0v) is 14.4. The maximum absolute atomic E-state index is 5.91. The molecule has 0 fully saturated rings. The first-order valence-corrected chi connectivity index (χ1v) is 8.47. The Hall–Kier alpha value is -2.13. The molecule has 0 radical (unpaired) electrons. The van der Waals surface area contributed by atoms with Crippen LogP contribution in [0.1, 0.15) is 27.9 Å². The molecule has 23 heavy (non-hydrogen) atoms. The Balaban J connectivity index is 1.95. The third-order valence-electron chi connectivity index (χ3n) is 3.68. The van der Waals surface area contributed by atoms with Crippen molar-refractivity contribution in [3.05, 3.63) is 83.3 Å². The van der Waals surface area contributed by atoms with Crippen molar-refractivity contribution in [1.82, 2.24) is 0 Å². The lowest BCUT2D eigenvalue weighted by Crippen LogP contribution is -1.96. The summed E-state index contributed by atoms with van der Waals surface area (Å²) in [4.78, 5) is 1.24. The third-order valence-corrected chi connectivity index (χ3v) is 4.95. The Morgan fingerprint density at radius 3 is 2.35 bits per heavy atom. The van der Waals surface area contributed by atoms with Gasteiger partial charge in [0, 0.05) is 4.90 Å². The number of benzene rings is 2. The van der Waals surface area contributed by atoms with E-state index in [9.17, 15) is 0 Å². The van der Waals surface area contributed by atoms with Crippen LogP contribution in [0.4, 0.5) is 0 Å². The third kappa shape index (κ3) is 3.80. The first-order valence-electron chi connectivity index (χ1n) is 7.59. The number of thioether (sulfide) groups is 1. The Labute approximate surface area is 141 Å². The number of furan rings is 1. The monoisotopic (exact) mass is 324 g/mol. The van der Waals surface area contributed by atoms with Crippen molar-refractivity contribution in [2.24, 2.45) is 0 Å². The minimum atomic E-state index is 0.122. The largest absolute Gasteiger partial charge is 0.497 e. The fourth-order valence-electron chi connectivity index (χ4n) is 2.49. The van der Waals surface area contributed by atoms with Gasteiger partial charge < -0.3 is 9.15 Å². The minimum Gasteiger partial charge on any atom is -0.497 e. The van der Waals surface area contributed by atoms with E-state index in [0.29, 0.717) is 0 Å². The van der Waals surface area contributed by atoms with Crippen molar-refractivity contribution in [2.45, 2.75) is 24.0 Å². The fraction of sp³-hybridized carbons (Fsp3) is 0.200. The summed E-state index contributed by atoms with van der Waals surface area (Å²) in [7, 11) is 1.68. The molecule has 0 saturated heterocycles. The smallest absolute Gasteiger partial charge is 0.121 e. The number of rotatable bonds is 5. The molecule has 3 aromatic rings. The molecule has 0 amide bonds. The van der Waals surface area contributed by atoms with Gasteiger partial charge in [-0.1, -0.05) is 29.8 Å². The highest BCUT2D eigenvalue weighted by Crippen LogP contribution is 2.41. The van der Waals surface area contributed by atoms with Crippen LogP contribution in [0.25, 0.3) is 0 Å². The van der Waals surface area contributed by atoms with Gasteiger partial charge in [0.25, 0.3) is 0 Å². The molecule has 0 saturated carbocycles. The molecule has 3 heteroatoms. The van der Waals surface area contributed by atoms with Crippen molar-refractivity contribution >= 4 is 11.8 Å². The van der Waals surface area contributed by atoms with Gasteiger partial charge >= 0.3 is 0 Å². The number of methoxy groups -OCH3 is 1. The molecular formula is C20H20O2S. The maximum atomic E-state index is 5.91. The highest BCUT2D eigenvalue weighted by molar-refractivity contribution is 7.99. The van der Waals surface area contributed by atoms with Crippen molar-refractivity contribution in [3.63, 3.8) is 0 Å². The topological polar surface area (TPSA) is 22.4 Å². The second-order valence-corrected chi connectivity index (χ2v) is 6.71. The summed E-state index contributed by atoms with van der Waals surface area (Å²) in [6.45, 7) is 4.09. The van der Waals surface area contributed by atoms with E-state index < -0.39 is 0 Å². The molecule has 0 N–H and O–H groups in total. The average molecular weight is 324 g/mol. The molecule has 1 aromatic heterocycles.